The molecule has 0 heterocycles. The second-order valence-corrected chi connectivity index (χ2v) is 4.91. The second-order valence-electron chi connectivity index (χ2n) is 4.91. The number of rotatable bonds is 4. The van der Waals surface area contributed by atoms with E-state index in [2.05, 4.69) is 27.8 Å². The number of carbonyl (C=O) groups excluding carboxylic acids is 1. The number of fused-ring (bicyclic) bond motifs is 1. The van der Waals surface area contributed by atoms with Crippen molar-refractivity contribution in [2.75, 3.05) is 25.6 Å². The lowest BCUT2D eigenvalue weighted by Gasteiger charge is -2.22. The van der Waals surface area contributed by atoms with Crippen LogP contribution in [-0.4, -0.2) is 26.7 Å². The summed E-state index contributed by atoms with van der Waals surface area (Å²) in [5, 5.41) is 0. The molecule has 0 spiro atoms. The van der Waals surface area contributed by atoms with E-state index in [9.17, 15) is 4.79 Å². The third-order valence-corrected chi connectivity index (χ3v) is 3.65. The van der Waals surface area contributed by atoms with E-state index in [1.54, 1.807) is 0 Å². The molecule has 0 amide bonds. The Morgan fingerprint density at radius 1 is 1.28 bits per heavy atom. The third-order valence-electron chi connectivity index (χ3n) is 3.65. The van der Waals surface area contributed by atoms with Crippen molar-refractivity contribution in [3.05, 3.63) is 29.3 Å². The van der Waals surface area contributed by atoms with Crippen LogP contribution < -0.4 is 4.90 Å². The zero-order valence-electron chi connectivity index (χ0n) is 11.2. The number of esters is 1. The number of nitrogens with zero attached hydrogens (tertiary/aromatic N) is 1. The minimum absolute atomic E-state index is 0.153. The predicted molar refractivity (Wildman–Crippen MR) is 73.0 cm³/mol. The molecule has 0 aromatic heterocycles. The molecule has 1 aliphatic carbocycles. The van der Waals surface area contributed by atoms with Gasteiger partial charge in [0.25, 0.3) is 0 Å². The molecule has 0 saturated heterocycles. The van der Waals surface area contributed by atoms with Crippen molar-refractivity contribution < 1.29 is 9.53 Å². The third kappa shape index (κ3) is 3.03. The van der Waals surface area contributed by atoms with Gasteiger partial charge in [0.15, 0.2) is 0 Å². The average molecular weight is 247 g/mol. The lowest BCUT2D eigenvalue weighted by Crippen LogP contribution is -2.22. The van der Waals surface area contributed by atoms with Gasteiger partial charge < -0.3 is 9.64 Å². The summed E-state index contributed by atoms with van der Waals surface area (Å²) < 4.78 is 4.66. The summed E-state index contributed by atoms with van der Waals surface area (Å²) in [6, 6.07) is 6.66. The highest BCUT2D eigenvalue weighted by atomic mass is 16.5. The first-order valence-corrected chi connectivity index (χ1v) is 6.60. The number of carbonyl (C=O) groups is 1. The Kier molecular flexibility index (Phi) is 4.24. The van der Waals surface area contributed by atoms with Gasteiger partial charge in [0.1, 0.15) is 0 Å². The monoisotopic (exact) mass is 247 g/mol. The summed E-state index contributed by atoms with van der Waals surface area (Å²) in [6.07, 6.45) is 5.44. The SMILES string of the molecule is COC(=O)CCN(C)c1ccc2c(c1)CCCC2. The Hall–Kier alpha value is -1.51. The molecular formula is C15H21NO2. The normalized spacial score (nSPS) is 13.9. The van der Waals surface area contributed by atoms with Gasteiger partial charge in [-0.1, -0.05) is 6.07 Å². The summed E-state index contributed by atoms with van der Waals surface area (Å²) in [4.78, 5) is 13.2. The summed E-state index contributed by atoms with van der Waals surface area (Å²) in [5.74, 6) is -0.153. The van der Waals surface area contributed by atoms with Gasteiger partial charge in [-0.2, -0.15) is 0 Å². The quantitative estimate of drug-likeness (QED) is 0.766. The van der Waals surface area contributed by atoms with Crippen molar-refractivity contribution in [1.29, 1.82) is 0 Å². The Bertz CT molecular complexity index is 429. The van der Waals surface area contributed by atoms with Crippen molar-refractivity contribution >= 4 is 11.7 Å². The Labute approximate surface area is 109 Å². The van der Waals surface area contributed by atoms with Crippen LogP contribution in [0.4, 0.5) is 5.69 Å². The van der Waals surface area contributed by atoms with Crippen LogP contribution in [-0.2, 0) is 22.4 Å². The standard InChI is InChI=1S/C15H21NO2/c1-16(10-9-15(17)18-2)14-8-7-12-5-3-4-6-13(12)11-14/h7-8,11H,3-6,9-10H2,1-2H3. The zero-order chi connectivity index (χ0) is 13.0. The van der Waals surface area contributed by atoms with E-state index in [0.717, 1.165) is 0 Å². The van der Waals surface area contributed by atoms with E-state index in [-0.39, 0.29) is 5.97 Å². The van der Waals surface area contributed by atoms with Crippen LogP contribution in [0.2, 0.25) is 0 Å². The maximum atomic E-state index is 11.1. The van der Waals surface area contributed by atoms with E-state index in [1.165, 1.54) is 49.6 Å². The lowest BCUT2D eigenvalue weighted by molar-refractivity contribution is -0.140. The van der Waals surface area contributed by atoms with Crippen molar-refractivity contribution in [3.8, 4) is 0 Å². The molecule has 0 unspecified atom stereocenters. The second kappa shape index (κ2) is 5.89. The zero-order valence-corrected chi connectivity index (χ0v) is 11.2. The van der Waals surface area contributed by atoms with E-state index in [1.807, 2.05) is 7.05 Å². The largest absolute Gasteiger partial charge is 0.469 e. The highest BCUT2D eigenvalue weighted by molar-refractivity contribution is 5.70. The molecule has 1 aliphatic rings. The van der Waals surface area contributed by atoms with Gasteiger partial charge in [0, 0.05) is 19.3 Å². The average Bonchev–Trinajstić information content (AvgIpc) is 2.43. The van der Waals surface area contributed by atoms with Crippen LogP contribution in [0, 0.1) is 0 Å². The van der Waals surface area contributed by atoms with Gasteiger partial charge in [-0.05, 0) is 48.9 Å². The van der Waals surface area contributed by atoms with E-state index >= 15 is 0 Å². The Morgan fingerprint density at radius 3 is 2.72 bits per heavy atom. The fraction of sp³-hybridized carbons (Fsp3) is 0.533. The number of methoxy groups -OCH3 is 1. The number of hydrogen-bond donors (Lipinski definition) is 0. The molecule has 0 saturated carbocycles. The summed E-state index contributed by atoms with van der Waals surface area (Å²) in [5.41, 5.74) is 4.16. The van der Waals surface area contributed by atoms with Crippen LogP contribution in [0.15, 0.2) is 18.2 Å². The minimum Gasteiger partial charge on any atom is -0.469 e. The first kappa shape index (κ1) is 12.9. The van der Waals surface area contributed by atoms with Crippen LogP contribution in [0.1, 0.15) is 30.4 Å². The fourth-order valence-corrected chi connectivity index (χ4v) is 2.45. The van der Waals surface area contributed by atoms with Crippen molar-refractivity contribution in [3.63, 3.8) is 0 Å². The maximum absolute atomic E-state index is 11.1. The molecule has 98 valence electrons. The molecular weight excluding hydrogens is 226 g/mol. The summed E-state index contributed by atoms with van der Waals surface area (Å²) in [7, 11) is 3.45. The highest BCUT2D eigenvalue weighted by Crippen LogP contribution is 2.25. The molecule has 1 aromatic carbocycles. The number of hydrogen-bond acceptors (Lipinski definition) is 3. The number of benzene rings is 1. The predicted octanol–water partition coefficient (Wildman–Crippen LogP) is 2.56. The molecule has 18 heavy (non-hydrogen) atoms. The van der Waals surface area contributed by atoms with E-state index < -0.39 is 0 Å². The van der Waals surface area contributed by atoms with Gasteiger partial charge in [-0.25, -0.2) is 0 Å². The first-order chi connectivity index (χ1) is 8.70. The van der Waals surface area contributed by atoms with Crippen LogP contribution in [0.3, 0.4) is 0 Å². The molecule has 0 fully saturated rings. The molecule has 3 heteroatoms. The van der Waals surface area contributed by atoms with Gasteiger partial charge in [-0.3, -0.25) is 4.79 Å². The van der Waals surface area contributed by atoms with Crippen molar-refractivity contribution in [2.24, 2.45) is 0 Å². The molecule has 0 radical (unpaired) electrons. The molecule has 0 N–H and O–H groups in total. The van der Waals surface area contributed by atoms with Gasteiger partial charge in [0.2, 0.25) is 0 Å². The maximum Gasteiger partial charge on any atom is 0.307 e. The van der Waals surface area contributed by atoms with Crippen LogP contribution >= 0.6 is 0 Å². The Morgan fingerprint density at radius 2 is 2.00 bits per heavy atom. The van der Waals surface area contributed by atoms with E-state index in [0.29, 0.717) is 13.0 Å². The topological polar surface area (TPSA) is 29.5 Å². The smallest absolute Gasteiger partial charge is 0.307 e. The molecule has 2 rings (SSSR count). The van der Waals surface area contributed by atoms with Gasteiger partial charge >= 0.3 is 5.97 Å². The summed E-state index contributed by atoms with van der Waals surface area (Å²) in [6.45, 7) is 0.700. The summed E-state index contributed by atoms with van der Waals surface area (Å²) >= 11 is 0. The number of anilines is 1. The molecule has 1 aromatic rings. The minimum atomic E-state index is -0.153. The van der Waals surface area contributed by atoms with Gasteiger partial charge in [-0.15, -0.1) is 0 Å². The molecule has 0 bridgehead atoms. The Balaban J connectivity index is 2.01. The van der Waals surface area contributed by atoms with Gasteiger partial charge in [0.05, 0.1) is 13.5 Å². The molecule has 0 atom stereocenters. The van der Waals surface area contributed by atoms with Crippen molar-refractivity contribution in [1.82, 2.24) is 0 Å². The fourth-order valence-electron chi connectivity index (χ4n) is 2.45. The van der Waals surface area contributed by atoms with Crippen LogP contribution in [0.5, 0.6) is 0 Å². The molecule has 3 nitrogen and oxygen atoms in total. The highest BCUT2D eigenvalue weighted by Gasteiger charge is 2.11. The van der Waals surface area contributed by atoms with E-state index in [4.69, 9.17) is 0 Å². The molecule has 0 aliphatic heterocycles. The lowest BCUT2D eigenvalue weighted by atomic mass is 9.91. The first-order valence-electron chi connectivity index (χ1n) is 6.60. The number of ether oxygens (including phenoxy) is 1. The number of aryl methyl sites for hydroxylation is 2. The van der Waals surface area contributed by atoms with Crippen LogP contribution in [0.25, 0.3) is 0 Å². The van der Waals surface area contributed by atoms with Crippen molar-refractivity contribution in [2.45, 2.75) is 32.1 Å².